The Morgan fingerprint density at radius 3 is 2.64 bits per heavy atom. The fourth-order valence-electron chi connectivity index (χ4n) is 2.89. The molecular formula is C13H25N. The van der Waals surface area contributed by atoms with Crippen LogP contribution in [-0.4, -0.2) is 12.6 Å². The summed E-state index contributed by atoms with van der Waals surface area (Å²) in [5.74, 6) is 2.22. The molecule has 1 heteroatoms. The summed E-state index contributed by atoms with van der Waals surface area (Å²) >= 11 is 0. The van der Waals surface area contributed by atoms with E-state index >= 15 is 0 Å². The molecule has 2 saturated carbocycles. The maximum Gasteiger partial charge on any atom is 0.00698 e. The van der Waals surface area contributed by atoms with E-state index in [1.54, 1.807) is 0 Å². The summed E-state index contributed by atoms with van der Waals surface area (Å²) in [7, 11) is 0. The second-order valence-corrected chi connectivity index (χ2v) is 5.27. The second kappa shape index (κ2) is 5.16. The molecule has 0 saturated heterocycles. The van der Waals surface area contributed by atoms with Crippen molar-refractivity contribution in [1.29, 1.82) is 0 Å². The Labute approximate surface area is 88.7 Å². The van der Waals surface area contributed by atoms with Gasteiger partial charge in [-0.3, -0.25) is 0 Å². The molecule has 2 unspecified atom stereocenters. The molecule has 82 valence electrons. The summed E-state index contributed by atoms with van der Waals surface area (Å²) in [6.45, 7) is 3.52. The average Bonchev–Trinajstić information content (AvgIpc) is 3.02. The maximum atomic E-state index is 3.74. The molecular weight excluding hydrogens is 170 g/mol. The number of unbranched alkanes of at least 4 members (excludes halogenated alkanes) is 1. The molecule has 0 bridgehead atoms. The lowest BCUT2D eigenvalue weighted by Crippen LogP contribution is -2.35. The largest absolute Gasteiger partial charge is 0.314 e. The zero-order chi connectivity index (χ0) is 9.80. The van der Waals surface area contributed by atoms with E-state index in [1.807, 2.05) is 0 Å². The van der Waals surface area contributed by atoms with Gasteiger partial charge in [0, 0.05) is 6.04 Å². The minimum Gasteiger partial charge on any atom is -0.314 e. The lowest BCUT2D eigenvalue weighted by Gasteiger charge is -2.30. The molecule has 0 aromatic heterocycles. The van der Waals surface area contributed by atoms with Gasteiger partial charge in [0.2, 0.25) is 0 Å². The third-order valence-corrected chi connectivity index (χ3v) is 3.97. The van der Waals surface area contributed by atoms with Crippen molar-refractivity contribution in [2.75, 3.05) is 6.54 Å². The highest BCUT2D eigenvalue weighted by atomic mass is 14.9. The van der Waals surface area contributed by atoms with Crippen LogP contribution in [0.15, 0.2) is 0 Å². The van der Waals surface area contributed by atoms with Crippen LogP contribution in [0.5, 0.6) is 0 Å². The molecule has 2 aliphatic rings. The highest BCUT2D eigenvalue weighted by Crippen LogP contribution is 2.43. The van der Waals surface area contributed by atoms with Gasteiger partial charge in [0.1, 0.15) is 0 Å². The molecule has 0 aromatic rings. The van der Waals surface area contributed by atoms with Crippen molar-refractivity contribution in [2.45, 2.75) is 64.3 Å². The Bertz CT molecular complexity index is 163. The molecule has 1 N–H and O–H groups in total. The first-order valence-corrected chi connectivity index (χ1v) is 6.63. The summed E-state index contributed by atoms with van der Waals surface area (Å²) in [6, 6.07) is 0.862. The number of hydrogen-bond acceptors (Lipinski definition) is 1. The van der Waals surface area contributed by atoms with Gasteiger partial charge in [-0.1, -0.05) is 26.2 Å². The van der Waals surface area contributed by atoms with Crippen LogP contribution in [0.1, 0.15) is 58.3 Å². The van der Waals surface area contributed by atoms with Crippen LogP contribution in [0.4, 0.5) is 0 Å². The topological polar surface area (TPSA) is 12.0 Å². The van der Waals surface area contributed by atoms with E-state index in [2.05, 4.69) is 12.2 Å². The zero-order valence-corrected chi connectivity index (χ0v) is 9.60. The van der Waals surface area contributed by atoms with Crippen LogP contribution >= 0.6 is 0 Å². The molecule has 0 aliphatic heterocycles. The van der Waals surface area contributed by atoms with Gasteiger partial charge in [-0.05, 0) is 50.5 Å². The van der Waals surface area contributed by atoms with Crippen molar-refractivity contribution in [3.63, 3.8) is 0 Å². The fraction of sp³-hybridized carbons (Fsp3) is 1.00. The van der Waals surface area contributed by atoms with Crippen molar-refractivity contribution in [3.8, 4) is 0 Å². The number of nitrogens with one attached hydrogen (secondary N) is 1. The summed E-state index contributed by atoms with van der Waals surface area (Å²) in [5.41, 5.74) is 0. The summed E-state index contributed by atoms with van der Waals surface area (Å²) in [6.07, 6.45) is 11.7. The molecule has 14 heavy (non-hydrogen) atoms. The fourth-order valence-corrected chi connectivity index (χ4v) is 2.89. The minimum absolute atomic E-state index is 0.862. The van der Waals surface area contributed by atoms with Gasteiger partial charge < -0.3 is 5.32 Å². The first-order chi connectivity index (χ1) is 6.90. The van der Waals surface area contributed by atoms with E-state index in [4.69, 9.17) is 0 Å². The Hall–Kier alpha value is -0.0400. The van der Waals surface area contributed by atoms with Crippen LogP contribution in [0.3, 0.4) is 0 Å². The van der Waals surface area contributed by atoms with Gasteiger partial charge in [-0.25, -0.2) is 0 Å². The molecule has 0 radical (unpaired) electrons. The summed E-state index contributed by atoms with van der Waals surface area (Å²) < 4.78 is 0. The predicted octanol–water partition coefficient (Wildman–Crippen LogP) is 3.34. The Morgan fingerprint density at radius 2 is 1.93 bits per heavy atom. The monoisotopic (exact) mass is 195 g/mol. The van der Waals surface area contributed by atoms with Crippen molar-refractivity contribution >= 4 is 0 Å². The Kier molecular flexibility index (Phi) is 3.86. The van der Waals surface area contributed by atoms with Crippen molar-refractivity contribution in [1.82, 2.24) is 5.32 Å². The van der Waals surface area contributed by atoms with Crippen molar-refractivity contribution in [2.24, 2.45) is 11.8 Å². The third kappa shape index (κ3) is 2.98. The predicted molar refractivity (Wildman–Crippen MR) is 61.4 cm³/mol. The SMILES string of the molecule is CCCCNC1CCCC(C2CC2)C1. The number of rotatable bonds is 5. The first-order valence-electron chi connectivity index (χ1n) is 6.63. The third-order valence-electron chi connectivity index (χ3n) is 3.97. The van der Waals surface area contributed by atoms with Crippen LogP contribution in [-0.2, 0) is 0 Å². The van der Waals surface area contributed by atoms with Gasteiger partial charge in [-0.2, -0.15) is 0 Å². The van der Waals surface area contributed by atoms with Gasteiger partial charge in [0.25, 0.3) is 0 Å². The molecule has 2 atom stereocenters. The van der Waals surface area contributed by atoms with Crippen LogP contribution < -0.4 is 5.32 Å². The normalized spacial score (nSPS) is 33.2. The molecule has 1 nitrogen and oxygen atoms in total. The van der Waals surface area contributed by atoms with E-state index in [-0.39, 0.29) is 0 Å². The summed E-state index contributed by atoms with van der Waals surface area (Å²) in [5, 5.41) is 3.74. The van der Waals surface area contributed by atoms with Gasteiger partial charge in [0.15, 0.2) is 0 Å². The van der Waals surface area contributed by atoms with Crippen LogP contribution in [0.2, 0.25) is 0 Å². The molecule has 0 heterocycles. The lowest BCUT2D eigenvalue weighted by molar-refractivity contribution is 0.261. The molecule has 2 rings (SSSR count). The van der Waals surface area contributed by atoms with E-state index < -0.39 is 0 Å². The molecule has 2 aliphatic carbocycles. The van der Waals surface area contributed by atoms with Gasteiger partial charge >= 0.3 is 0 Å². The van der Waals surface area contributed by atoms with Gasteiger partial charge in [-0.15, -0.1) is 0 Å². The first kappa shape index (κ1) is 10.5. The lowest BCUT2D eigenvalue weighted by atomic mass is 9.83. The van der Waals surface area contributed by atoms with E-state index in [0.29, 0.717) is 0 Å². The second-order valence-electron chi connectivity index (χ2n) is 5.27. The van der Waals surface area contributed by atoms with E-state index in [9.17, 15) is 0 Å². The standard InChI is InChI=1S/C13H25N/c1-2-3-9-14-13-6-4-5-12(10-13)11-7-8-11/h11-14H,2-10H2,1H3. The van der Waals surface area contributed by atoms with E-state index in [0.717, 1.165) is 17.9 Å². The van der Waals surface area contributed by atoms with Crippen LogP contribution in [0, 0.1) is 11.8 Å². The maximum absolute atomic E-state index is 3.74. The average molecular weight is 195 g/mol. The molecule has 0 aromatic carbocycles. The van der Waals surface area contributed by atoms with Crippen molar-refractivity contribution in [3.05, 3.63) is 0 Å². The van der Waals surface area contributed by atoms with Gasteiger partial charge in [0.05, 0.1) is 0 Å². The van der Waals surface area contributed by atoms with Crippen LogP contribution in [0.25, 0.3) is 0 Å². The highest BCUT2D eigenvalue weighted by molar-refractivity contribution is 4.87. The minimum atomic E-state index is 0.862. The summed E-state index contributed by atoms with van der Waals surface area (Å²) in [4.78, 5) is 0. The van der Waals surface area contributed by atoms with E-state index in [1.165, 1.54) is 57.9 Å². The highest BCUT2D eigenvalue weighted by Gasteiger charge is 2.34. The zero-order valence-electron chi connectivity index (χ0n) is 9.60. The molecule has 2 fully saturated rings. The molecule has 0 spiro atoms. The Morgan fingerprint density at radius 1 is 1.07 bits per heavy atom. The van der Waals surface area contributed by atoms with Crippen molar-refractivity contribution < 1.29 is 0 Å². The smallest absolute Gasteiger partial charge is 0.00698 e. The Balaban J connectivity index is 1.65. The molecule has 0 amide bonds. The quantitative estimate of drug-likeness (QED) is 0.663. The number of hydrogen-bond donors (Lipinski definition) is 1.